The lowest BCUT2D eigenvalue weighted by molar-refractivity contribution is -0.138. The van der Waals surface area contributed by atoms with E-state index in [0.29, 0.717) is 11.1 Å². The highest BCUT2D eigenvalue weighted by Crippen LogP contribution is 2.30. The van der Waals surface area contributed by atoms with E-state index in [1.807, 2.05) is 24.3 Å². The van der Waals surface area contributed by atoms with Crippen molar-refractivity contribution in [1.29, 1.82) is 0 Å². The molecule has 0 aliphatic heterocycles. The number of halogens is 6. The summed E-state index contributed by atoms with van der Waals surface area (Å²) in [5, 5.41) is 0. The number of benzene rings is 3. The minimum absolute atomic E-state index is 0.258. The maximum absolute atomic E-state index is 12.6. The molecule has 0 radical (unpaired) electrons. The molecule has 3 aromatic rings. The molecule has 3 rings (SSSR count). The second-order valence-electron chi connectivity index (χ2n) is 7.00. The fourth-order valence-electron chi connectivity index (χ4n) is 2.78. The van der Waals surface area contributed by atoms with E-state index in [-0.39, 0.29) is 13.1 Å². The van der Waals surface area contributed by atoms with Gasteiger partial charge in [0, 0.05) is 12.4 Å². The summed E-state index contributed by atoms with van der Waals surface area (Å²) in [4.78, 5) is 8.48. The monoisotopic (exact) mass is 448 g/mol. The van der Waals surface area contributed by atoms with Crippen LogP contribution in [0.4, 0.5) is 26.3 Å². The van der Waals surface area contributed by atoms with Crippen LogP contribution in [0.2, 0.25) is 0 Å². The summed E-state index contributed by atoms with van der Waals surface area (Å²) in [5.74, 6) is 0. The van der Waals surface area contributed by atoms with Crippen LogP contribution in [-0.2, 0) is 25.4 Å². The van der Waals surface area contributed by atoms with Gasteiger partial charge in [0.25, 0.3) is 0 Å². The van der Waals surface area contributed by atoms with E-state index in [1.165, 1.54) is 24.3 Å². The zero-order chi connectivity index (χ0) is 23.2. The van der Waals surface area contributed by atoms with Crippen LogP contribution < -0.4 is 0 Å². The zero-order valence-electron chi connectivity index (χ0n) is 16.7. The van der Waals surface area contributed by atoms with Crippen LogP contribution in [0.1, 0.15) is 33.4 Å². The predicted octanol–water partition coefficient (Wildman–Crippen LogP) is 6.96. The predicted molar refractivity (Wildman–Crippen MR) is 112 cm³/mol. The van der Waals surface area contributed by atoms with Gasteiger partial charge in [-0.1, -0.05) is 48.5 Å². The summed E-state index contributed by atoms with van der Waals surface area (Å²) < 4.78 is 75.4. The molecular formula is C24H18F6N2. The largest absolute Gasteiger partial charge is 0.416 e. The molecule has 8 heteroatoms. The lowest BCUT2D eigenvalue weighted by Gasteiger charge is -2.06. The highest BCUT2D eigenvalue weighted by Gasteiger charge is 2.30. The summed E-state index contributed by atoms with van der Waals surface area (Å²) in [6, 6.07) is 17.0. The fraction of sp³-hybridized carbons (Fsp3) is 0.167. The Hall–Kier alpha value is -3.42. The zero-order valence-corrected chi connectivity index (χ0v) is 16.7. The van der Waals surface area contributed by atoms with Crippen molar-refractivity contribution >= 4 is 12.4 Å². The van der Waals surface area contributed by atoms with Crippen LogP contribution in [0.3, 0.4) is 0 Å². The van der Waals surface area contributed by atoms with E-state index in [1.54, 1.807) is 12.4 Å². The molecular weight excluding hydrogens is 430 g/mol. The van der Waals surface area contributed by atoms with Gasteiger partial charge in [0.05, 0.1) is 24.2 Å². The molecule has 0 spiro atoms. The van der Waals surface area contributed by atoms with Gasteiger partial charge in [-0.2, -0.15) is 26.3 Å². The molecule has 2 nitrogen and oxygen atoms in total. The third-order valence-corrected chi connectivity index (χ3v) is 4.53. The third kappa shape index (κ3) is 6.80. The number of rotatable bonds is 6. The maximum atomic E-state index is 12.6. The van der Waals surface area contributed by atoms with Gasteiger partial charge < -0.3 is 0 Å². The maximum Gasteiger partial charge on any atom is 0.416 e. The minimum atomic E-state index is -4.36. The Morgan fingerprint density at radius 2 is 0.812 bits per heavy atom. The van der Waals surface area contributed by atoms with Crippen molar-refractivity contribution in [2.24, 2.45) is 9.98 Å². The topological polar surface area (TPSA) is 24.7 Å². The van der Waals surface area contributed by atoms with Gasteiger partial charge >= 0.3 is 12.4 Å². The number of hydrogen-bond donors (Lipinski definition) is 0. The molecule has 0 saturated heterocycles. The van der Waals surface area contributed by atoms with E-state index in [9.17, 15) is 26.3 Å². The van der Waals surface area contributed by atoms with Crippen molar-refractivity contribution < 1.29 is 26.3 Å². The molecule has 0 saturated carbocycles. The van der Waals surface area contributed by atoms with E-state index in [2.05, 4.69) is 9.98 Å². The van der Waals surface area contributed by atoms with Gasteiger partial charge in [0.15, 0.2) is 0 Å². The summed E-state index contributed by atoms with van der Waals surface area (Å²) >= 11 is 0. The Bertz CT molecular complexity index is 973. The third-order valence-electron chi connectivity index (χ3n) is 4.53. The summed E-state index contributed by atoms with van der Waals surface area (Å²) in [7, 11) is 0. The van der Waals surface area contributed by atoms with Gasteiger partial charge in [0.1, 0.15) is 0 Å². The van der Waals surface area contributed by atoms with Crippen molar-refractivity contribution in [3.8, 4) is 0 Å². The first-order valence-electron chi connectivity index (χ1n) is 9.53. The Morgan fingerprint density at radius 3 is 1.09 bits per heavy atom. The fourth-order valence-corrected chi connectivity index (χ4v) is 2.78. The van der Waals surface area contributed by atoms with Gasteiger partial charge in [0.2, 0.25) is 0 Å². The Kier molecular flexibility index (Phi) is 7.12. The highest BCUT2D eigenvalue weighted by molar-refractivity contribution is 5.84. The molecule has 166 valence electrons. The van der Waals surface area contributed by atoms with E-state index >= 15 is 0 Å². The van der Waals surface area contributed by atoms with E-state index in [0.717, 1.165) is 35.4 Å². The Morgan fingerprint density at radius 1 is 0.500 bits per heavy atom. The Balaban J connectivity index is 1.51. The molecule has 0 heterocycles. The molecule has 32 heavy (non-hydrogen) atoms. The highest BCUT2D eigenvalue weighted by atomic mass is 19.4. The molecule has 0 aliphatic rings. The van der Waals surface area contributed by atoms with Crippen LogP contribution in [0.5, 0.6) is 0 Å². The molecule has 0 aromatic heterocycles. The number of hydrogen-bond acceptors (Lipinski definition) is 2. The first kappa shape index (κ1) is 23.2. The number of nitrogens with zero attached hydrogens (tertiary/aromatic N) is 2. The van der Waals surface area contributed by atoms with Gasteiger partial charge in [-0.25, -0.2) is 0 Å². The van der Waals surface area contributed by atoms with Crippen LogP contribution in [0, 0.1) is 0 Å². The molecule has 0 amide bonds. The van der Waals surface area contributed by atoms with Crippen molar-refractivity contribution in [2.75, 3.05) is 0 Å². The lowest BCUT2D eigenvalue weighted by atomic mass is 10.1. The van der Waals surface area contributed by atoms with Crippen molar-refractivity contribution in [3.63, 3.8) is 0 Å². The van der Waals surface area contributed by atoms with E-state index in [4.69, 9.17) is 0 Å². The quantitative estimate of drug-likeness (QED) is 0.288. The van der Waals surface area contributed by atoms with Crippen molar-refractivity contribution in [3.05, 3.63) is 106 Å². The normalized spacial score (nSPS) is 12.7. The molecule has 0 fully saturated rings. The van der Waals surface area contributed by atoms with Crippen molar-refractivity contribution in [2.45, 2.75) is 25.4 Å². The average molecular weight is 448 g/mol. The first-order chi connectivity index (χ1) is 15.1. The number of aliphatic imine (C=N–C) groups is 2. The summed E-state index contributed by atoms with van der Waals surface area (Å²) in [6.45, 7) is 0.517. The average Bonchev–Trinajstić information content (AvgIpc) is 2.74. The smallest absolute Gasteiger partial charge is 0.288 e. The van der Waals surface area contributed by atoms with E-state index < -0.39 is 23.5 Å². The molecule has 0 bridgehead atoms. The van der Waals surface area contributed by atoms with Gasteiger partial charge in [-0.3, -0.25) is 9.98 Å². The molecule has 0 N–H and O–H groups in total. The van der Waals surface area contributed by atoms with Crippen LogP contribution >= 0.6 is 0 Å². The SMILES string of the molecule is FC(F)(F)c1ccc(CN=Cc2ccc(C=NCc3ccc(C(F)(F)F)cc3)cc2)cc1. The lowest BCUT2D eigenvalue weighted by Crippen LogP contribution is -2.04. The number of alkyl halides is 6. The molecule has 0 aliphatic carbocycles. The molecule has 3 aromatic carbocycles. The molecule has 0 atom stereocenters. The summed E-state index contributed by atoms with van der Waals surface area (Å²) in [5.41, 5.74) is 1.58. The Labute approximate surface area is 181 Å². The second-order valence-corrected chi connectivity index (χ2v) is 7.00. The van der Waals surface area contributed by atoms with Gasteiger partial charge in [-0.05, 0) is 46.5 Å². The van der Waals surface area contributed by atoms with Crippen LogP contribution in [0.25, 0.3) is 0 Å². The van der Waals surface area contributed by atoms with Crippen LogP contribution in [0.15, 0.2) is 82.8 Å². The van der Waals surface area contributed by atoms with Crippen molar-refractivity contribution in [1.82, 2.24) is 0 Å². The first-order valence-corrected chi connectivity index (χ1v) is 9.53. The second kappa shape index (κ2) is 9.80. The minimum Gasteiger partial charge on any atom is -0.288 e. The summed E-state index contributed by atoms with van der Waals surface area (Å²) in [6.07, 6.45) is -5.46. The standard InChI is InChI=1S/C24H18F6N2/c25-23(26,27)21-9-5-19(6-10-21)15-31-13-17-1-2-18(4-3-17)14-32-16-20-7-11-22(12-8-20)24(28,29)30/h1-14H,15-16H2. The molecule has 0 unspecified atom stereocenters. The van der Waals surface area contributed by atoms with Gasteiger partial charge in [-0.15, -0.1) is 0 Å². The van der Waals surface area contributed by atoms with Crippen LogP contribution in [-0.4, -0.2) is 12.4 Å².